The van der Waals surface area contributed by atoms with Crippen LogP contribution < -0.4 is 4.74 Å². The van der Waals surface area contributed by atoms with Crippen LogP contribution in [-0.2, 0) is 0 Å². The van der Waals surface area contributed by atoms with Crippen LogP contribution in [0.25, 0.3) is 10.9 Å². The number of rotatable bonds is 2. The molecule has 2 aromatic carbocycles. The Morgan fingerprint density at radius 3 is 2.43 bits per heavy atom. The maximum absolute atomic E-state index is 6.19. The number of aryl methyl sites for hydroxylation is 2. The molecule has 0 unspecified atom stereocenters. The van der Waals surface area contributed by atoms with Gasteiger partial charge in [-0.15, -0.1) is 0 Å². The molecule has 0 aliphatic rings. The molecule has 21 heavy (non-hydrogen) atoms. The van der Waals surface area contributed by atoms with Crippen molar-refractivity contribution in [2.75, 3.05) is 0 Å². The van der Waals surface area contributed by atoms with Gasteiger partial charge >= 0.3 is 0 Å². The van der Waals surface area contributed by atoms with Crippen molar-refractivity contribution < 1.29 is 4.74 Å². The number of ether oxygens (including phenoxy) is 1. The van der Waals surface area contributed by atoms with Crippen LogP contribution in [-0.4, -0.2) is 4.98 Å². The smallest absolute Gasteiger partial charge is 0.138 e. The predicted octanol–water partition coefficient (Wildman–Crippen LogP) is 5.95. The Morgan fingerprint density at radius 2 is 1.71 bits per heavy atom. The molecule has 0 bridgehead atoms. The van der Waals surface area contributed by atoms with Crippen LogP contribution in [0, 0.1) is 13.8 Å². The number of benzene rings is 2. The van der Waals surface area contributed by atoms with Crippen LogP contribution in [0.3, 0.4) is 0 Å². The fraction of sp³-hybridized carbons (Fsp3) is 0.118. The number of aromatic nitrogens is 1. The van der Waals surface area contributed by atoms with Crippen LogP contribution in [0.5, 0.6) is 11.5 Å². The van der Waals surface area contributed by atoms with Gasteiger partial charge in [-0.3, -0.25) is 4.98 Å². The van der Waals surface area contributed by atoms with Gasteiger partial charge < -0.3 is 4.74 Å². The Balaban J connectivity index is 2.08. The van der Waals surface area contributed by atoms with Crippen molar-refractivity contribution in [3.05, 3.63) is 63.8 Å². The Hall–Kier alpha value is -1.77. The summed E-state index contributed by atoms with van der Waals surface area (Å²) in [7, 11) is 0. The lowest BCUT2D eigenvalue weighted by Crippen LogP contribution is -1.90. The molecular formula is C17H13Cl2NO. The second-order valence-corrected chi connectivity index (χ2v) is 5.70. The Labute approximate surface area is 133 Å². The summed E-state index contributed by atoms with van der Waals surface area (Å²) in [4.78, 5) is 4.30. The predicted molar refractivity (Wildman–Crippen MR) is 87.8 cm³/mol. The van der Waals surface area contributed by atoms with Crippen molar-refractivity contribution in [2.24, 2.45) is 0 Å². The number of pyridine rings is 1. The number of nitrogens with zero attached hydrogens (tertiary/aromatic N) is 1. The fourth-order valence-electron chi connectivity index (χ4n) is 2.30. The van der Waals surface area contributed by atoms with Gasteiger partial charge in [-0.2, -0.15) is 0 Å². The first kappa shape index (κ1) is 14.2. The minimum atomic E-state index is 0.612. The van der Waals surface area contributed by atoms with Crippen LogP contribution in [0.2, 0.25) is 10.0 Å². The van der Waals surface area contributed by atoms with E-state index in [1.807, 2.05) is 50.2 Å². The molecule has 1 aromatic heterocycles. The molecule has 0 fully saturated rings. The fourth-order valence-corrected chi connectivity index (χ4v) is 2.63. The molecular weight excluding hydrogens is 305 g/mol. The normalized spacial score (nSPS) is 10.9. The van der Waals surface area contributed by atoms with Crippen molar-refractivity contribution in [1.82, 2.24) is 4.98 Å². The summed E-state index contributed by atoms with van der Waals surface area (Å²) < 4.78 is 6.01. The van der Waals surface area contributed by atoms with Crippen molar-refractivity contribution in [3.8, 4) is 11.5 Å². The van der Waals surface area contributed by atoms with E-state index in [9.17, 15) is 0 Å². The van der Waals surface area contributed by atoms with Crippen molar-refractivity contribution >= 4 is 34.1 Å². The number of hydrogen-bond acceptors (Lipinski definition) is 2. The molecule has 0 saturated heterocycles. The zero-order valence-electron chi connectivity index (χ0n) is 11.7. The minimum absolute atomic E-state index is 0.612. The molecule has 1 heterocycles. The Morgan fingerprint density at radius 1 is 1.00 bits per heavy atom. The first-order chi connectivity index (χ1) is 10.1. The average Bonchev–Trinajstić information content (AvgIpc) is 2.46. The Kier molecular flexibility index (Phi) is 3.75. The highest BCUT2D eigenvalue weighted by Gasteiger charge is 2.09. The average molecular weight is 318 g/mol. The topological polar surface area (TPSA) is 22.1 Å². The first-order valence-corrected chi connectivity index (χ1v) is 7.29. The van der Waals surface area contributed by atoms with Gasteiger partial charge in [0.1, 0.15) is 11.5 Å². The van der Waals surface area contributed by atoms with E-state index in [2.05, 4.69) is 4.98 Å². The van der Waals surface area contributed by atoms with Crippen LogP contribution >= 0.6 is 23.2 Å². The van der Waals surface area contributed by atoms with E-state index in [0.29, 0.717) is 5.02 Å². The van der Waals surface area contributed by atoms with E-state index in [1.54, 1.807) is 6.20 Å². The lowest BCUT2D eigenvalue weighted by molar-refractivity contribution is 0.487. The monoisotopic (exact) mass is 317 g/mol. The van der Waals surface area contributed by atoms with Gasteiger partial charge in [-0.25, -0.2) is 0 Å². The van der Waals surface area contributed by atoms with Crippen LogP contribution in [0.1, 0.15) is 11.1 Å². The number of fused-ring (bicyclic) bond motifs is 1. The lowest BCUT2D eigenvalue weighted by Gasteiger charge is -2.11. The van der Waals surface area contributed by atoms with Crippen molar-refractivity contribution in [1.29, 1.82) is 0 Å². The molecule has 0 aliphatic carbocycles. The minimum Gasteiger partial charge on any atom is -0.457 e. The second-order valence-electron chi connectivity index (χ2n) is 4.92. The van der Waals surface area contributed by atoms with E-state index >= 15 is 0 Å². The van der Waals surface area contributed by atoms with E-state index in [-0.39, 0.29) is 0 Å². The third kappa shape index (κ3) is 2.69. The van der Waals surface area contributed by atoms with Gasteiger partial charge in [0.25, 0.3) is 0 Å². The molecule has 0 atom stereocenters. The molecule has 3 rings (SSSR count). The highest BCUT2D eigenvalue weighted by Crippen LogP contribution is 2.34. The third-order valence-electron chi connectivity index (χ3n) is 3.32. The molecule has 0 saturated carbocycles. The molecule has 2 nitrogen and oxygen atoms in total. The zero-order chi connectivity index (χ0) is 15.0. The summed E-state index contributed by atoms with van der Waals surface area (Å²) in [5, 5.41) is 2.27. The quantitative estimate of drug-likeness (QED) is 0.582. The molecule has 0 N–H and O–H groups in total. The number of hydrogen-bond donors (Lipinski definition) is 0. The zero-order valence-corrected chi connectivity index (χ0v) is 13.2. The van der Waals surface area contributed by atoms with Gasteiger partial charge in [0.05, 0.1) is 10.5 Å². The summed E-state index contributed by atoms with van der Waals surface area (Å²) in [6.07, 6.45) is 1.69. The standard InChI is InChI=1S/C17H13Cl2NO/c1-10-8-12(9-11(2)16(10)19)21-15-6-7-20-17-13(15)4-3-5-14(17)18/h3-9H,1-2H3. The molecule has 0 spiro atoms. The van der Waals surface area contributed by atoms with Gasteiger partial charge in [-0.1, -0.05) is 29.3 Å². The third-order valence-corrected chi connectivity index (χ3v) is 4.22. The molecule has 0 aliphatic heterocycles. The van der Waals surface area contributed by atoms with E-state index < -0.39 is 0 Å². The summed E-state index contributed by atoms with van der Waals surface area (Å²) in [5.74, 6) is 1.48. The van der Waals surface area contributed by atoms with Gasteiger partial charge in [0.15, 0.2) is 0 Å². The number of halogens is 2. The van der Waals surface area contributed by atoms with Crippen LogP contribution in [0.15, 0.2) is 42.6 Å². The van der Waals surface area contributed by atoms with Crippen molar-refractivity contribution in [3.63, 3.8) is 0 Å². The molecule has 0 radical (unpaired) electrons. The van der Waals surface area contributed by atoms with Crippen molar-refractivity contribution in [2.45, 2.75) is 13.8 Å². The molecule has 4 heteroatoms. The largest absolute Gasteiger partial charge is 0.457 e. The van der Waals surface area contributed by atoms with E-state index in [0.717, 1.165) is 38.6 Å². The van der Waals surface area contributed by atoms with Gasteiger partial charge in [0.2, 0.25) is 0 Å². The van der Waals surface area contributed by atoms with Crippen LogP contribution in [0.4, 0.5) is 0 Å². The van der Waals surface area contributed by atoms with E-state index in [4.69, 9.17) is 27.9 Å². The summed E-state index contributed by atoms with van der Waals surface area (Å²) in [6.45, 7) is 3.92. The summed E-state index contributed by atoms with van der Waals surface area (Å²) in [5.41, 5.74) is 2.71. The highest BCUT2D eigenvalue weighted by molar-refractivity contribution is 6.35. The Bertz CT molecular complexity index is 807. The molecule has 0 amide bonds. The van der Waals surface area contributed by atoms with Gasteiger partial charge in [0, 0.05) is 16.6 Å². The van der Waals surface area contributed by atoms with E-state index in [1.165, 1.54) is 0 Å². The molecule has 106 valence electrons. The number of para-hydroxylation sites is 1. The maximum atomic E-state index is 6.19. The maximum Gasteiger partial charge on any atom is 0.138 e. The second kappa shape index (κ2) is 5.55. The summed E-state index contributed by atoms with van der Waals surface area (Å²) >= 11 is 12.4. The summed E-state index contributed by atoms with van der Waals surface area (Å²) in [6, 6.07) is 11.3. The van der Waals surface area contributed by atoms with Gasteiger partial charge in [-0.05, 0) is 55.3 Å². The SMILES string of the molecule is Cc1cc(Oc2ccnc3c(Cl)cccc23)cc(C)c1Cl. The first-order valence-electron chi connectivity index (χ1n) is 6.54. The lowest BCUT2D eigenvalue weighted by atomic mass is 10.1. The molecule has 3 aromatic rings. The highest BCUT2D eigenvalue weighted by atomic mass is 35.5.